The second kappa shape index (κ2) is 6.07. The van der Waals surface area contributed by atoms with E-state index in [9.17, 15) is 8.78 Å². The molecule has 114 valence electrons. The molecule has 0 amide bonds. The lowest BCUT2D eigenvalue weighted by Gasteiger charge is -2.15. The Hall–Kier alpha value is -1.53. The number of nitrogens with two attached hydrogens (primary N) is 1. The Labute approximate surface area is 122 Å². The molecule has 0 atom stereocenters. The van der Waals surface area contributed by atoms with Crippen molar-refractivity contribution in [2.75, 3.05) is 19.6 Å². The minimum Gasteiger partial charge on any atom is -0.330 e. The van der Waals surface area contributed by atoms with Crippen molar-refractivity contribution in [1.29, 1.82) is 0 Å². The van der Waals surface area contributed by atoms with Gasteiger partial charge >= 0.3 is 0 Å². The van der Waals surface area contributed by atoms with Crippen LogP contribution in [0.3, 0.4) is 0 Å². The van der Waals surface area contributed by atoms with E-state index in [1.807, 2.05) is 4.57 Å². The third-order valence-electron chi connectivity index (χ3n) is 4.02. The summed E-state index contributed by atoms with van der Waals surface area (Å²) >= 11 is 0. The number of fused-ring (bicyclic) bond motifs is 1. The highest BCUT2D eigenvalue weighted by molar-refractivity contribution is 5.76. The van der Waals surface area contributed by atoms with Gasteiger partial charge in [-0.15, -0.1) is 0 Å². The van der Waals surface area contributed by atoms with E-state index in [2.05, 4.69) is 9.88 Å². The van der Waals surface area contributed by atoms with Crippen LogP contribution in [0.25, 0.3) is 11.0 Å². The second-order valence-corrected chi connectivity index (χ2v) is 5.56. The van der Waals surface area contributed by atoms with Gasteiger partial charge in [0.25, 0.3) is 0 Å². The Balaban J connectivity index is 1.99. The Morgan fingerprint density at radius 1 is 1.14 bits per heavy atom. The van der Waals surface area contributed by atoms with E-state index in [0.717, 1.165) is 31.9 Å². The van der Waals surface area contributed by atoms with Crippen LogP contribution in [0.2, 0.25) is 0 Å². The number of hydrogen-bond donors (Lipinski definition) is 1. The minimum atomic E-state index is -0.848. The Kier molecular flexibility index (Phi) is 4.17. The van der Waals surface area contributed by atoms with Crippen molar-refractivity contribution in [3.8, 4) is 0 Å². The summed E-state index contributed by atoms with van der Waals surface area (Å²) in [6.07, 6.45) is 3.19. The lowest BCUT2D eigenvalue weighted by atomic mass is 10.3. The van der Waals surface area contributed by atoms with Gasteiger partial charge < -0.3 is 10.3 Å². The number of aromatic nitrogens is 2. The molecule has 0 bridgehead atoms. The molecule has 2 aromatic rings. The number of imidazole rings is 1. The lowest BCUT2D eigenvalue weighted by molar-refractivity contribution is 0.316. The molecule has 2 heterocycles. The second-order valence-electron chi connectivity index (χ2n) is 5.56. The summed E-state index contributed by atoms with van der Waals surface area (Å²) in [7, 11) is 0. The van der Waals surface area contributed by atoms with Gasteiger partial charge in [-0.05, 0) is 38.9 Å². The van der Waals surface area contributed by atoms with Crippen molar-refractivity contribution < 1.29 is 8.78 Å². The van der Waals surface area contributed by atoms with E-state index >= 15 is 0 Å². The Bertz CT molecular complexity index is 632. The molecular weight excluding hydrogens is 274 g/mol. The molecule has 2 N–H and O–H groups in total. The van der Waals surface area contributed by atoms with Crippen LogP contribution >= 0.6 is 0 Å². The van der Waals surface area contributed by atoms with Gasteiger partial charge in [-0.2, -0.15) is 0 Å². The molecule has 0 saturated carbocycles. The average molecular weight is 294 g/mol. The standard InChI is InChI=1S/C15H20F2N4/c16-11-8-13-14(9-12(11)17)21(7-3-4-18)15(19-13)10-20-5-1-2-6-20/h8-9H,1-7,10,18H2. The summed E-state index contributed by atoms with van der Waals surface area (Å²) in [5.74, 6) is -0.812. The fourth-order valence-electron chi connectivity index (χ4n) is 2.93. The predicted octanol–water partition coefficient (Wildman–Crippen LogP) is 2.26. The highest BCUT2D eigenvalue weighted by Crippen LogP contribution is 2.22. The molecule has 6 heteroatoms. The first-order valence-electron chi connectivity index (χ1n) is 7.45. The van der Waals surface area contributed by atoms with Crippen molar-refractivity contribution in [2.45, 2.75) is 32.4 Å². The molecule has 1 aromatic heterocycles. The summed E-state index contributed by atoms with van der Waals surface area (Å²) in [6.45, 7) is 4.09. The minimum absolute atomic E-state index is 0.514. The zero-order valence-corrected chi connectivity index (χ0v) is 12.0. The third-order valence-corrected chi connectivity index (χ3v) is 4.02. The molecule has 1 saturated heterocycles. The molecule has 4 nitrogen and oxygen atoms in total. The van der Waals surface area contributed by atoms with Crippen LogP contribution in [0.4, 0.5) is 8.78 Å². The third kappa shape index (κ3) is 2.91. The molecule has 3 rings (SSSR count). The first-order valence-corrected chi connectivity index (χ1v) is 7.45. The van der Waals surface area contributed by atoms with E-state index in [1.54, 1.807) is 0 Å². The molecule has 1 fully saturated rings. The lowest BCUT2D eigenvalue weighted by Crippen LogP contribution is -2.21. The van der Waals surface area contributed by atoms with Crippen molar-refractivity contribution >= 4 is 11.0 Å². The molecule has 1 aliphatic heterocycles. The fraction of sp³-hybridized carbons (Fsp3) is 0.533. The summed E-state index contributed by atoms with van der Waals surface area (Å²) in [5.41, 5.74) is 6.74. The summed E-state index contributed by atoms with van der Waals surface area (Å²) < 4.78 is 28.9. The van der Waals surface area contributed by atoms with Crippen LogP contribution in [0, 0.1) is 11.6 Å². The van der Waals surface area contributed by atoms with Gasteiger partial charge in [-0.25, -0.2) is 13.8 Å². The van der Waals surface area contributed by atoms with Gasteiger partial charge in [-0.3, -0.25) is 4.90 Å². The fourth-order valence-corrected chi connectivity index (χ4v) is 2.93. The van der Waals surface area contributed by atoms with E-state index < -0.39 is 11.6 Å². The molecule has 0 spiro atoms. The highest BCUT2D eigenvalue weighted by atomic mass is 19.2. The molecule has 21 heavy (non-hydrogen) atoms. The summed E-state index contributed by atoms with van der Waals surface area (Å²) in [4.78, 5) is 6.83. The number of hydrogen-bond acceptors (Lipinski definition) is 3. The van der Waals surface area contributed by atoms with E-state index in [1.165, 1.54) is 25.0 Å². The maximum Gasteiger partial charge on any atom is 0.161 e. The van der Waals surface area contributed by atoms with Crippen molar-refractivity contribution in [3.05, 3.63) is 29.6 Å². The molecule has 0 aliphatic carbocycles. The smallest absolute Gasteiger partial charge is 0.161 e. The quantitative estimate of drug-likeness (QED) is 0.920. The van der Waals surface area contributed by atoms with Crippen LogP contribution in [0.1, 0.15) is 25.1 Å². The van der Waals surface area contributed by atoms with E-state index in [4.69, 9.17) is 5.73 Å². The Morgan fingerprint density at radius 3 is 2.57 bits per heavy atom. The average Bonchev–Trinajstić information content (AvgIpc) is 3.06. The Morgan fingerprint density at radius 2 is 1.86 bits per heavy atom. The summed E-state index contributed by atoms with van der Waals surface area (Å²) in [5, 5.41) is 0. The van der Waals surface area contributed by atoms with Gasteiger partial charge in [-0.1, -0.05) is 0 Å². The first kappa shape index (κ1) is 14.4. The number of aryl methyl sites for hydroxylation is 1. The van der Waals surface area contributed by atoms with Gasteiger partial charge in [0.15, 0.2) is 11.6 Å². The number of halogens is 2. The number of nitrogens with zero attached hydrogens (tertiary/aromatic N) is 3. The van der Waals surface area contributed by atoms with Gasteiger partial charge in [0.1, 0.15) is 5.82 Å². The van der Waals surface area contributed by atoms with Crippen LogP contribution in [-0.2, 0) is 13.1 Å². The maximum absolute atomic E-state index is 13.5. The first-order chi connectivity index (χ1) is 10.2. The SMILES string of the molecule is NCCCn1c(CN2CCCC2)nc2cc(F)c(F)cc21. The van der Waals surface area contributed by atoms with Crippen molar-refractivity contribution in [2.24, 2.45) is 5.73 Å². The topological polar surface area (TPSA) is 47.1 Å². The largest absolute Gasteiger partial charge is 0.330 e. The molecule has 0 unspecified atom stereocenters. The molecule has 1 aliphatic rings. The monoisotopic (exact) mass is 294 g/mol. The van der Waals surface area contributed by atoms with Crippen LogP contribution in [0.15, 0.2) is 12.1 Å². The van der Waals surface area contributed by atoms with E-state index in [0.29, 0.717) is 24.1 Å². The summed E-state index contributed by atoms with van der Waals surface area (Å²) in [6, 6.07) is 2.42. The zero-order chi connectivity index (χ0) is 14.8. The van der Waals surface area contributed by atoms with Gasteiger partial charge in [0.05, 0.1) is 17.6 Å². The maximum atomic E-state index is 13.5. The van der Waals surface area contributed by atoms with Crippen molar-refractivity contribution in [3.63, 3.8) is 0 Å². The zero-order valence-electron chi connectivity index (χ0n) is 12.0. The van der Waals surface area contributed by atoms with Gasteiger partial charge in [0.2, 0.25) is 0 Å². The van der Waals surface area contributed by atoms with E-state index in [-0.39, 0.29) is 0 Å². The number of rotatable bonds is 5. The van der Waals surface area contributed by atoms with Crippen LogP contribution in [0.5, 0.6) is 0 Å². The number of likely N-dealkylation sites (tertiary alicyclic amines) is 1. The van der Waals surface area contributed by atoms with Crippen molar-refractivity contribution in [1.82, 2.24) is 14.5 Å². The molecular formula is C15H20F2N4. The molecule has 1 aromatic carbocycles. The highest BCUT2D eigenvalue weighted by Gasteiger charge is 2.18. The molecule has 0 radical (unpaired) electrons. The number of benzene rings is 1. The van der Waals surface area contributed by atoms with Crippen LogP contribution in [-0.4, -0.2) is 34.1 Å². The normalized spacial score (nSPS) is 16.1. The van der Waals surface area contributed by atoms with Gasteiger partial charge in [0, 0.05) is 18.7 Å². The van der Waals surface area contributed by atoms with Crippen LogP contribution < -0.4 is 5.73 Å². The predicted molar refractivity (Wildman–Crippen MR) is 77.8 cm³/mol.